The van der Waals surface area contributed by atoms with Crippen molar-refractivity contribution in [2.24, 2.45) is 0 Å². The summed E-state index contributed by atoms with van der Waals surface area (Å²) in [6.45, 7) is 4.10. The summed E-state index contributed by atoms with van der Waals surface area (Å²) >= 11 is 0. The van der Waals surface area contributed by atoms with Gasteiger partial charge in [0.15, 0.2) is 0 Å². The molecule has 164 valence electrons. The summed E-state index contributed by atoms with van der Waals surface area (Å²) in [4.78, 5) is 15.4. The number of carbonyl (C=O) groups is 1. The number of rotatable bonds is 5. The maximum Gasteiger partial charge on any atom is 0.239 e. The quantitative estimate of drug-likeness (QED) is 0.637. The monoisotopic (exact) mass is 426 g/mol. The number of piperidine rings is 1. The Labute approximate surface area is 190 Å². The topological polar surface area (TPSA) is 41.6 Å². The largest absolute Gasteiger partial charge is 0.365 e. The second-order valence-corrected chi connectivity index (χ2v) is 8.91. The number of nitrogens with zero attached hydrogens (tertiary/aromatic N) is 1. The van der Waals surface area contributed by atoms with Crippen LogP contribution in [-0.2, 0) is 21.7 Å². The van der Waals surface area contributed by atoms with Crippen molar-refractivity contribution in [2.45, 2.75) is 44.1 Å². The summed E-state index contributed by atoms with van der Waals surface area (Å²) in [7, 11) is 0. The normalized spacial score (nSPS) is 18.0. The van der Waals surface area contributed by atoms with E-state index in [0.29, 0.717) is 6.61 Å². The third-order valence-corrected chi connectivity index (χ3v) is 6.95. The van der Waals surface area contributed by atoms with Gasteiger partial charge in [-0.3, -0.25) is 10.1 Å². The smallest absolute Gasteiger partial charge is 0.239 e. The van der Waals surface area contributed by atoms with Crippen LogP contribution in [0.5, 0.6) is 0 Å². The molecule has 0 saturated carbocycles. The number of hydrogen-bond acceptors (Lipinski definition) is 3. The number of likely N-dealkylation sites (tertiary alicyclic amines) is 1. The van der Waals surface area contributed by atoms with E-state index in [1.54, 1.807) is 0 Å². The summed E-state index contributed by atoms with van der Waals surface area (Å²) < 4.78 is 6.27. The highest BCUT2D eigenvalue weighted by atomic mass is 16.5. The van der Waals surface area contributed by atoms with Crippen LogP contribution in [0, 0.1) is 0 Å². The lowest BCUT2D eigenvalue weighted by atomic mass is 9.83. The van der Waals surface area contributed by atoms with Crippen molar-refractivity contribution in [1.29, 1.82) is 0 Å². The molecule has 1 fully saturated rings. The third-order valence-electron chi connectivity index (χ3n) is 6.95. The van der Waals surface area contributed by atoms with Crippen LogP contribution in [0.2, 0.25) is 0 Å². The van der Waals surface area contributed by atoms with Crippen molar-refractivity contribution < 1.29 is 9.53 Å². The Balaban J connectivity index is 1.28. The first-order chi connectivity index (χ1) is 15.7. The van der Waals surface area contributed by atoms with Crippen molar-refractivity contribution in [3.63, 3.8) is 0 Å². The molecule has 2 aliphatic rings. The first kappa shape index (κ1) is 20.9. The van der Waals surface area contributed by atoms with E-state index in [1.807, 2.05) is 48.2 Å². The van der Waals surface area contributed by atoms with E-state index >= 15 is 0 Å². The van der Waals surface area contributed by atoms with Gasteiger partial charge < -0.3 is 9.64 Å². The van der Waals surface area contributed by atoms with Gasteiger partial charge in [-0.25, -0.2) is 0 Å². The molecule has 1 amide bonds. The average molecular weight is 427 g/mol. The Morgan fingerprint density at radius 1 is 0.875 bits per heavy atom. The van der Waals surface area contributed by atoms with Crippen LogP contribution in [0.3, 0.4) is 0 Å². The minimum Gasteiger partial charge on any atom is -0.365 e. The minimum absolute atomic E-state index is 0.0301. The Kier molecular flexibility index (Phi) is 5.81. The fraction of sp³-hybridized carbons (Fsp3) is 0.321. The molecule has 4 nitrogen and oxygen atoms in total. The van der Waals surface area contributed by atoms with Gasteiger partial charge in [-0.2, -0.15) is 0 Å². The summed E-state index contributed by atoms with van der Waals surface area (Å²) in [5.41, 5.74) is 4.70. The second-order valence-electron chi connectivity index (χ2n) is 8.91. The van der Waals surface area contributed by atoms with Crippen molar-refractivity contribution in [2.75, 3.05) is 13.1 Å². The molecule has 4 heteroatoms. The van der Waals surface area contributed by atoms with Gasteiger partial charge >= 0.3 is 0 Å². The molecule has 1 N–H and O–H groups in total. The van der Waals surface area contributed by atoms with Crippen LogP contribution in [0.25, 0.3) is 0 Å². The predicted octanol–water partition coefficient (Wildman–Crippen LogP) is 4.80. The van der Waals surface area contributed by atoms with Crippen molar-refractivity contribution >= 4 is 5.91 Å². The molecule has 1 saturated heterocycles. The summed E-state index contributed by atoms with van der Waals surface area (Å²) in [5, 5.41) is 3.60. The number of nitrogens with one attached hydrogen (secondary N) is 1. The molecule has 0 radical (unpaired) electrons. The molecule has 1 atom stereocenters. The summed E-state index contributed by atoms with van der Waals surface area (Å²) in [5.74, 6) is 0.156. The Morgan fingerprint density at radius 3 is 2.06 bits per heavy atom. The number of ether oxygens (including phenoxy) is 1. The van der Waals surface area contributed by atoms with Crippen molar-refractivity contribution in [1.82, 2.24) is 10.2 Å². The number of hydrogen-bond donors (Lipinski definition) is 1. The lowest BCUT2D eigenvalue weighted by Gasteiger charge is -2.40. The number of carbonyl (C=O) groups excluding carboxylic acids is 1. The summed E-state index contributed by atoms with van der Waals surface area (Å²) in [6, 6.07) is 28.9. The van der Waals surface area contributed by atoms with E-state index < -0.39 is 0 Å². The highest BCUT2D eigenvalue weighted by Gasteiger charge is 2.43. The van der Waals surface area contributed by atoms with E-state index in [2.05, 4.69) is 53.8 Å². The molecule has 0 aromatic heterocycles. The van der Waals surface area contributed by atoms with Gasteiger partial charge in [-0.1, -0.05) is 84.9 Å². The second kappa shape index (κ2) is 8.89. The molecule has 0 unspecified atom stereocenters. The van der Waals surface area contributed by atoms with E-state index in [4.69, 9.17) is 4.74 Å². The van der Waals surface area contributed by atoms with E-state index in [0.717, 1.165) is 37.1 Å². The van der Waals surface area contributed by atoms with Gasteiger partial charge in [-0.05, 0) is 42.0 Å². The standard InChI is InChI=1S/C28H30N2O2/c1-21(29-26(22-10-4-2-5-11-22)23-12-6-3-7-13-23)27(31)30-18-16-28(17-19-30)25-15-9-8-14-24(25)20-32-28/h2-15,21,26,29H,16-20H2,1H3/t21-/m1/s1. The lowest BCUT2D eigenvalue weighted by molar-refractivity contribution is -0.140. The van der Waals surface area contributed by atoms with E-state index in [9.17, 15) is 4.79 Å². The van der Waals surface area contributed by atoms with Crippen molar-refractivity contribution in [3.8, 4) is 0 Å². The Hall–Kier alpha value is -2.95. The van der Waals surface area contributed by atoms with E-state index in [1.165, 1.54) is 11.1 Å². The first-order valence-corrected chi connectivity index (χ1v) is 11.5. The number of fused-ring (bicyclic) bond motifs is 2. The van der Waals surface area contributed by atoms with Crippen molar-refractivity contribution in [3.05, 3.63) is 107 Å². The molecule has 3 aromatic rings. The average Bonchev–Trinajstić information content (AvgIpc) is 3.21. The minimum atomic E-state index is -0.286. The maximum absolute atomic E-state index is 13.4. The van der Waals surface area contributed by atoms with Crippen LogP contribution in [0.1, 0.15) is 48.1 Å². The molecule has 3 aromatic carbocycles. The molecule has 2 heterocycles. The van der Waals surface area contributed by atoms with Gasteiger partial charge in [0.05, 0.1) is 24.3 Å². The summed E-state index contributed by atoms with van der Waals surface area (Å²) in [6.07, 6.45) is 1.70. The zero-order valence-electron chi connectivity index (χ0n) is 18.5. The molecule has 0 bridgehead atoms. The molecular formula is C28H30N2O2. The zero-order valence-corrected chi connectivity index (χ0v) is 18.5. The van der Waals surface area contributed by atoms with Gasteiger partial charge in [0.1, 0.15) is 0 Å². The fourth-order valence-electron chi connectivity index (χ4n) is 5.16. The molecular weight excluding hydrogens is 396 g/mol. The van der Waals surface area contributed by atoms with Gasteiger partial charge in [-0.15, -0.1) is 0 Å². The van der Waals surface area contributed by atoms with Crippen LogP contribution in [0.4, 0.5) is 0 Å². The fourth-order valence-corrected chi connectivity index (χ4v) is 5.16. The highest BCUT2D eigenvalue weighted by Crippen LogP contribution is 2.44. The highest BCUT2D eigenvalue weighted by molar-refractivity contribution is 5.81. The predicted molar refractivity (Wildman–Crippen MR) is 126 cm³/mol. The van der Waals surface area contributed by atoms with Gasteiger partial charge in [0, 0.05) is 13.1 Å². The first-order valence-electron chi connectivity index (χ1n) is 11.5. The molecule has 0 aliphatic carbocycles. The van der Waals surface area contributed by atoms with Crippen LogP contribution < -0.4 is 5.32 Å². The molecule has 5 rings (SSSR count). The van der Waals surface area contributed by atoms with Gasteiger partial charge in [0.25, 0.3) is 0 Å². The zero-order chi connectivity index (χ0) is 22.0. The molecule has 1 spiro atoms. The number of benzene rings is 3. The molecule has 32 heavy (non-hydrogen) atoms. The Morgan fingerprint density at radius 2 is 1.44 bits per heavy atom. The SMILES string of the molecule is C[C@@H](NC(c1ccccc1)c1ccccc1)C(=O)N1CCC2(CC1)OCc1ccccc12. The number of amides is 1. The lowest BCUT2D eigenvalue weighted by Crippen LogP contribution is -2.51. The van der Waals surface area contributed by atoms with Gasteiger partial charge in [0.2, 0.25) is 5.91 Å². The third kappa shape index (κ3) is 3.96. The van der Waals surface area contributed by atoms with Crippen LogP contribution in [0.15, 0.2) is 84.9 Å². The van der Waals surface area contributed by atoms with Crippen LogP contribution >= 0.6 is 0 Å². The Bertz CT molecular complexity index is 1020. The van der Waals surface area contributed by atoms with E-state index in [-0.39, 0.29) is 23.6 Å². The molecule has 2 aliphatic heterocycles. The maximum atomic E-state index is 13.4. The van der Waals surface area contributed by atoms with Crippen LogP contribution in [-0.4, -0.2) is 29.9 Å².